The molecule has 1 amide bonds. The van der Waals surface area contributed by atoms with Gasteiger partial charge in [-0.05, 0) is 19.4 Å². The zero-order valence-electron chi connectivity index (χ0n) is 11.2. The molecule has 0 aromatic heterocycles. The highest BCUT2D eigenvalue weighted by molar-refractivity contribution is 5.96. The zero-order chi connectivity index (χ0) is 14.5. The predicted octanol–water partition coefficient (Wildman–Crippen LogP) is 0.382. The van der Waals surface area contributed by atoms with E-state index in [0.717, 1.165) is 5.56 Å². The first kappa shape index (κ1) is 15.0. The second-order valence-electron chi connectivity index (χ2n) is 5.03. The van der Waals surface area contributed by atoms with Gasteiger partial charge in [0.25, 0.3) is 0 Å². The zero-order valence-corrected chi connectivity index (χ0v) is 11.2. The van der Waals surface area contributed by atoms with Crippen molar-refractivity contribution >= 4 is 11.7 Å². The van der Waals surface area contributed by atoms with Crippen LogP contribution in [0.15, 0.2) is 29.4 Å². The molecule has 1 aromatic carbocycles. The van der Waals surface area contributed by atoms with Crippen molar-refractivity contribution in [1.29, 1.82) is 0 Å². The fourth-order valence-electron chi connectivity index (χ4n) is 1.46. The van der Waals surface area contributed by atoms with Crippen molar-refractivity contribution in [2.24, 2.45) is 22.0 Å². The van der Waals surface area contributed by atoms with E-state index in [1.165, 1.54) is 0 Å². The van der Waals surface area contributed by atoms with Crippen molar-refractivity contribution in [2.75, 3.05) is 6.54 Å². The number of amides is 1. The van der Waals surface area contributed by atoms with Crippen LogP contribution < -0.4 is 16.8 Å². The second-order valence-corrected chi connectivity index (χ2v) is 5.03. The number of benzene rings is 1. The predicted molar refractivity (Wildman–Crippen MR) is 73.6 cm³/mol. The Bertz CT molecular complexity index is 466. The molecule has 1 aromatic rings. The number of carbonyl (C=O) groups is 1. The van der Waals surface area contributed by atoms with E-state index in [1.54, 1.807) is 26.0 Å². The number of rotatable bonds is 6. The first-order chi connectivity index (χ1) is 8.86. The first-order valence-electron chi connectivity index (χ1n) is 5.94. The van der Waals surface area contributed by atoms with Crippen LogP contribution in [0.25, 0.3) is 0 Å². The van der Waals surface area contributed by atoms with Crippen LogP contribution in [-0.4, -0.2) is 23.5 Å². The SMILES string of the molecule is CC(C)(CNCc1ccc(/C(N)=N/O)cc1)C(N)=O. The molecule has 0 bridgehead atoms. The van der Waals surface area contributed by atoms with Gasteiger partial charge >= 0.3 is 0 Å². The maximum atomic E-state index is 11.1. The Morgan fingerprint density at radius 3 is 2.37 bits per heavy atom. The summed E-state index contributed by atoms with van der Waals surface area (Å²) in [4.78, 5) is 11.1. The summed E-state index contributed by atoms with van der Waals surface area (Å²) in [6, 6.07) is 7.28. The summed E-state index contributed by atoms with van der Waals surface area (Å²) in [5, 5.41) is 14.7. The maximum Gasteiger partial charge on any atom is 0.224 e. The van der Waals surface area contributed by atoms with E-state index in [4.69, 9.17) is 16.7 Å². The van der Waals surface area contributed by atoms with Gasteiger partial charge in [0.15, 0.2) is 5.84 Å². The van der Waals surface area contributed by atoms with Gasteiger partial charge in [0.1, 0.15) is 0 Å². The molecule has 0 heterocycles. The normalized spacial score (nSPS) is 12.4. The number of oxime groups is 1. The Morgan fingerprint density at radius 2 is 1.89 bits per heavy atom. The van der Waals surface area contributed by atoms with Gasteiger partial charge in [-0.1, -0.05) is 29.4 Å². The molecule has 0 saturated heterocycles. The molecule has 0 radical (unpaired) electrons. The topological polar surface area (TPSA) is 114 Å². The highest BCUT2D eigenvalue weighted by atomic mass is 16.4. The molecule has 6 nitrogen and oxygen atoms in total. The van der Waals surface area contributed by atoms with Gasteiger partial charge in [-0.25, -0.2) is 0 Å². The molecule has 0 unspecified atom stereocenters. The number of primary amides is 1. The number of carbonyl (C=O) groups excluding carboxylic acids is 1. The van der Waals surface area contributed by atoms with Crippen LogP contribution in [0.1, 0.15) is 25.0 Å². The second kappa shape index (κ2) is 6.19. The average molecular weight is 264 g/mol. The van der Waals surface area contributed by atoms with E-state index in [0.29, 0.717) is 18.7 Å². The van der Waals surface area contributed by atoms with Gasteiger partial charge in [0.2, 0.25) is 5.91 Å². The number of hydrogen-bond acceptors (Lipinski definition) is 4. The van der Waals surface area contributed by atoms with Crippen molar-refractivity contribution in [3.8, 4) is 0 Å². The van der Waals surface area contributed by atoms with Crippen molar-refractivity contribution < 1.29 is 10.0 Å². The Hall–Kier alpha value is -2.08. The van der Waals surface area contributed by atoms with E-state index >= 15 is 0 Å². The molecule has 0 atom stereocenters. The minimum absolute atomic E-state index is 0.0781. The maximum absolute atomic E-state index is 11.1. The third-order valence-electron chi connectivity index (χ3n) is 2.92. The highest BCUT2D eigenvalue weighted by Gasteiger charge is 2.23. The lowest BCUT2D eigenvalue weighted by molar-refractivity contribution is -0.125. The van der Waals surface area contributed by atoms with Crippen molar-refractivity contribution in [3.63, 3.8) is 0 Å². The molecule has 0 saturated carbocycles. The monoisotopic (exact) mass is 264 g/mol. The average Bonchev–Trinajstić information content (AvgIpc) is 2.38. The van der Waals surface area contributed by atoms with Crippen LogP contribution >= 0.6 is 0 Å². The van der Waals surface area contributed by atoms with Gasteiger partial charge in [-0.15, -0.1) is 0 Å². The van der Waals surface area contributed by atoms with E-state index in [9.17, 15) is 4.79 Å². The largest absolute Gasteiger partial charge is 0.409 e. The molecule has 104 valence electrons. The molecule has 6 N–H and O–H groups in total. The van der Waals surface area contributed by atoms with Gasteiger partial charge < -0.3 is 22.0 Å². The summed E-state index contributed by atoms with van der Waals surface area (Å²) in [5.41, 5.74) is 11.9. The minimum Gasteiger partial charge on any atom is -0.409 e. The third-order valence-corrected chi connectivity index (χ3v) is 2.92. The van der Waals surface area contributed by atoms with Crippen LogP contribution in [-0.2, 0) is 11.3 Å². The number of hydrogen-bond donors (Lipinski definition) is 4. The number of amidine groups is 1. The molecule has 6 heteroatoms. The Morgan fingerprint density at radius 1 is 1.32 bits per heavy atom. The van der Waals surface area contributed by atoms with Crippen molar-refractivity contribution in [1.82, 2.24) is 5.32 Å². The Balaban J connectivity index is 2.53. The lowest BCUT2D eigenvalue weighted by atomic mass is 9.93. The molecule has 19 heavy (non-hydrogen) atoms. The lowest BCUT2D eigenvalue weighted by Crippen LogP contribution is -2.40. The highest BCUT2D eigenvalue weighted by Crippen LogP contribution is 2.12. The van der Waals surface area contributed by atoms with Crippen LogP contribution in [0.5, 0.6) is 0 Å². The van der Waals surface area contributed by atoms with Crippen LogP contribution in [0.3, 0.4) is 0 Å². The summed E-state index contributed by atoms with van der Waals surface area (Å²) in [5.74, 6) is -0.253. The summed E-state index contributed by atoms with van der Waals surface area (Å²) >= 11 is 0. The summed E-state index contributed by atoms with van der Waals surface area (Å²) < 4.78 is 0. The van der Waals surface area contributed by atoms with E-state index < -0.39 is 5.41 Å². The van der Waals surface area contributed by atoms with Gasteiger partial charge in [0.05, 0.1) is 5.41 Å². The fourth-order valence-corrected chi connectivity index (χ4v) is 1.46. The third kappa shape index (κ3) is 4.26. The minimum atomic E-state index is -0.575. The number of nitrogens with zero attached hydrogens (tertiary/aromatic N) is 1. The van der Waals surface area contributed by atoms with Gasteiger partial charge in [0, 0.05) is 18.7 Å². The molecular weight excluding hydrogens is 244 g/mol. The van der Waals surface area contributed by atoms with Crippen LogP contribution in [0, 0.1) is 5.41 Å². The Kier molecular flexibility index (Phi) is 4.88. The molecule has 0 aliphatic carbocycles. The smallest absolute Gasteiger partial charge is 0.224 e. The van der Waals surface area contributed by atoms with Crippen LogP contribution in [0.4, 0.5) is 0 Å². The van der Waals surface area contributed by atoms with Crippen molar-refractivity contribution in [3.05, 3.63) is 35.4 Å². The standard InChI is InChI=1S/C13H20N4O2/c1-13(2,12(15)18)8-16-7-9-3-5-10(6-4-9)11(14)17-19/h3-6,16,19H,7-8H2,1-2H3,(H2,14,17)(H2,15,18). The van der Waals surface area contributed by atoms with E-state index in [-0.39, 0.29) is 11.7 Å². The summed E-state index contributed by atoms with van der Waals surface area (Å²) in [6.07, 6.45) is 0. The van der Waals surface area contributed by atoms with Gasteiger partial charge in [-0.3, -0.25) is 4.79 Å². The van der Waals surface area contributed by atoms with Crippen LogP contribution in [0.2, 0.25) is 0 Å². The summed E-state index contributed by atoms with van der Waals surface area (Å²) in [7, 11) is 0. The molecule has 1 rings (SSSR count). The van der Waals surface area contributed by atoms with Gasteiger partial charge in [-0.2, -0.15) is 0 Å². The molecule has 0 fully saturated rings. The Labute approximate surface area is 112 Å². The van der Waals surface area contributed by atoms with E-state index in [1.807, 2.05) is 12.1 Å². The fraction of sp³-hybridized carbons (Fsp3) is 0.385. The summed E-state index contributed by atoms with van der Waals surface area (Å²) in [6.45, 7) is 4.71. The molecule has 0 spiro atoms. The molecular formula is C13H20N4O2. The molecule has 0 aliphatic heterocycles. The van der Waals surface area contributed by atoms with Crippen molar-refractivity contribution in [2.45, 2.75) is 20.4 Å². The molecule has 0 aliphatic rings. The van der Waals surface area contributed by atoms with E-state index in [2.05, 4.69) is 10.5 Å². The lowest BCUT2D eigenvalue weighted by Gasteiger charge is -2.20. The first-order valence-corrected chi connectivity index (χ1v) is 5.94. The number of nitrogens with one attached hydrogen (secondary N) is 1. The quantitative estimate of drug-likeness (QED) is 0.257. The number of nitrogens with two attached hydrogens (primary N) is 2.